The lowest BCUT2D eigenvalue weighted by atomic mass is 9.91. The number of nitriles is 1. The molecule has 1 atom stereocenters. The summed E-state index contributed by atoms with van der Waals surface area (Å²) in [5, 5.41) is 17.4. The summed E-state index contributed by atoms with van der Waals surface area (Å²) in [6.45, 7) is 15.6. The summed E-state index contributed by atoms with van der Waals surface area (Å²) in [7, 11) is 0. The van der Waals surface area contributed by atoms with E-state index >= 15 is 0 Å². The van der Waals surface area contributed by atoms with Crippen LogP contribution in [0, 0.1) is 31.1 Å². The van der Waals surface area contributed by atoms with Gasteiger partial charge in [-0.2, -0.15) is 10.4 Å². The third kappa shape index (κ3) is 6.72. The summed E-state index contributed by atoms with van der Waals surface area (Å²) < 4.78 is 13.3. The lowest BCUT2D eigenvalue weighted by Crippen LogP contribution is -2.52. The molecule has 3 rings (SSSR count). The largest absolute Gasteiger partial charge is 0.490 e. The van der Waals surface area contributed by atoms with Crippen molar-refractivity contribution in [1.82, 2.24) is 19.9 Å². The summed E-state index contributed by atoms with van der Waals surface area (Å²) in [6, 6.07) is 11.6. The zero-order valence-electron chi connectivity index (χ0n) is 21.9. The molecule has 8 nitrogen and oxygen atoms in total. The predicted molar refractivity (Wildman–Crippen MR) is 135 cm³/mol. The summed E-state index contributed by atoms with van der Waals surface area (Å²) in [6.07, 6.45) is 0.186. The van der Waals surface area contributed by atoms with Crippen LogP contribution in [0.2, 0.25) is 0 Å². The number of benzene rings is 1. The number of alkyl carbamates (subject to hydrolysis) is 1. The highest BCUT2D eigenvalue weighted by molar-refractivity contribution is 5.69. The van der Waals surface area contributed by atoms with Crippen LogP contribution < -0.4 is 10.1 Å². The molecule has 0 aliphatic heterocycles. The van der Waals surface area contributed by atoms with Crippen molar-refractivity contribution in [2.24, 2.45) is 5.92 Å². The predicted octanol–water partition coefficient (Wildman–Crippen LogP) is 5.59. The number of rotatable bonds is 7. The zero-order chi connectivity index (χ0) is 26.0. The topological polar surface area (TPSA) is 102 Å². The molecule has 0 saturated heterocycles. The van der Waals surface area contributed by atoms with Gasteiger partial charge in [-0.25, -0.2) is 14.3 Å². The lowest BCUT2D eigenvalue weighted by Gasteiger charge is -2.33. The number of hydrogen-bond acceptors (Lipinski definition) is 6. The fourth-order valence-electron chi connectivity index (χ4n) is 4.16. The third-order valence-corrected chi connectivity index (χ3v) is 5.28. The van der Waals surface area contributed by atoms with Crippen LogP contribution in [0.25, 0.3) is 16.9 Å². The summed E-state index contributed by atoms with van der Waals surface area (Å²) >= 11 is 0. The molecule has 186 valence electrons. The van der Waals surface area contributed by atoms with E-state index in [0.29, 0.717) is 23.7 Å². The van der Waals surface area contributed by atoms with E-state index in [2.05, 4.69) is 35.3 Å². The van der Waals surface area contributed by atoms with Gasteiger partial charge in [0.05, 0.1) is 22.5 Å². The molecule has 0 spiro atoms. The van der Waals surface area contributed by atoms with Crippen molar-refractivity contribution in [2.45, 2.75) is 73.0 Å². The lowest BCUT2D eigenvalue weighted by molar-refractivity contribution is 0.0408. The Kier molecular flexibility index (Phi) is 7.39. The maximum atomic E-state index is 12.5. The molecule has 0 unspecified atom stereocenters. The van der Waals surface area contributed by atoms with Crippen molar-refractivity contribution in [3.05, 3.63) is 47.3 Å². The molecule has 0 bridgehead atoms. The fourth-order valence-corrected chi connectivity index (χ4v) is 4.16. The van der Waals surface area contributed by atoms with Gasteiger partial charge in [-0.05, 0) is 78.1 Å². The first kappa shape index (κ1) is 26.0. The van der Waals surface area contributed by atoms with Crippen molar-refractivity contribution < 1.29 is 14.3 Å². The smallest absolute Gasteiger partial charge is 0.408 e. The van der Waals surface area contributed by atoms with E-state index in [9.17, 15) is 10.1 Å². The number of amides is 1. The van der Waals surface area contributed by atoms with E-state index in [-0.39, 0.29) is 6.61 Å². The van der Waals surface area contributed by atoms with Crippen LogP contribution in [0.3, 0.4) is 0 Å². The second kappa shape index (κ2) is 9.95. The Hall–Kier alpha value is -3.60. The number of hydrogen-bond donors (Lipinski definition) is 1. The molecule has 1 aromatic carbocycles. The first-order chi connectivity index (χ1) is 16.3. The molecule has 1 N–H and O–H groups in total. The summed E-state index contributed by atoms with van der Waals surface area (Å²) in [5.41, 5.74) is 3.30. The zero-order valence-corrected chi connectivity index (χ0v) is 21.9. The minimum Gasteiger partial charge on any atom is -0.490 e. The monoisotopic (exact) mass is 477 g/mol. The Balaban J connectivity index is 1.87. The number of nitrogens with zero attached hydrogens (tertiary/aromatic N) is 4. The first-order valence-corrected chi connectivity index (χ1v) is 11.8. The average molecular weight is 478 g/mol. The third-order valence-electron chi connectivity index (χ3n) is 5.28. The Morgan fingerprint density at radius 2 is 1.86 bits per heavy atom. The van der Waals surface area contributed by atoms with E-state index in [4.69, 9.17) is 9.47 Å². The van der Waals surface area contributed by atoms with Crippen LogP contribution in [0.1, 0.15) is 64.9 Å². The minimum absolute atomic E-state index is 0.190. The van der Waals surface area contributed by atoms with Crippen LogP contribution >= 0.6 is 0 Å². The number of carbonyl (C=O) groups is 1. The molecule has 1 amide bonds. The van der Waals surface area contributed by atoms with E-state index in [1.54, 1.807) is 16.6 Å². The van der Waals surface area contributed by atoms with Gasteiger partial charge in [-0.3, -0.25) is 0 Å². The highest BCUT2D eigenvalue weighted by Crippen LogP contribution is 2.29. The van der Waals surface area contributed by atoms with Gasteiger partial charge in [-0.15, -0.1) is 0 Å². The molecule has 2 heterocycles. The number of ether oxygens (including phenoxy) is 2. The number of fused-ring (bicyclic) bond motifs is 1. The normalized spacial score (nSPS) is 13.4. The highest BCUT2D eigenvalue weighted by atomic mass is 16.6. The van der Waals surface area contributed by atoms with Crippen molar-refractivity contribution in [1.29, 1.82) is 5.26 Å². The van der Waals surface area contributed by atoms with Gasteiger partial charge in [0.25, 0.3) is 0 Å². The van der Waals surface area contributed by atoms with E-state index < -0.39 is 17.2 Å². The molecule has 0 aliphatic rings. The molecule has 3 aromatic rings. The molecular formula is C27H35N5O3. The Morgan fingerprint density at radius 1 is 1.14 bits per heavy atom. The first-order valence-electron chi connectivity index (χ1n) is 11.8. The van der Waals surface area contributed by atoms with Gasteiger partial charge in [0.15, 0.2) is 5.65 Å². The average Bonchev–Trinajstić information content (AvgIpc) is 3.09. The van der Waals surface area contributed by atoms with Gasteiger partial charge < -0.3 is 14.8 Å². The van der Waals surface area contributed by atoms with Crippen LogP contribution in [0.5, 0.6) is 5.75 Å². The Bertz CT molecular complexity index is 1270. The van der Waals surface area contributed by atoms with E-state index in [1.165, 1.54) is 0 Å². The molecule has 8 heteroatoms. The fraction of sp³-hybridized carbons (Fsp3) is 0.481. The van der Waals surface area contributed by atoms with Crippen molar-refractivity contribution in [2.75, 3.05) is 6.61 Å². The maximum absolute atomic E-state index is 12.5. The Morgan fingerprint density at radius 3 is 2.49 bits per heavy atom. The summed E-state index contributed by atoms with van der Waals surface area (Å²) in [5.74, 6) is 0.766. The molecule has 35 heavy (non-hydrogen) atoms. The van der Waals surface area contributed by atoms with Crippen molar-refractivity contribution >= 4 is 11.7 Å². The van der Waals surface area contributed by atoms with Gasteiger partial charge in [0.1, 0.15) is 24.0 Å². The van der Waals surface area contributed by atoms with Crippen LogP contribution in [0.15, 0.2) is 30.3 Å². The molecule has 0 aliphatic carbocycles. The maximum Gasteiger partial charge on any atom is 0.408 e. The molecule has 0 saturated carbocycles. The number of aryl methyl sites for hydroxylation is 2. The molecule has 2 aromatic heterocycles. The highest BCUT2D eigenvalue weighted by Gasteiger charge is 2.31. The minimum atomic E-state index is -0.678. The van der Waals surface area contributed by atoms with Crippen molar-refractivity contribution in [3.8, 4) is 23.1 Å². The molecule has 0 radical (unpaired) electrons. The van der Waals surface area contributed by atoms with Gasteiger partial charge >= 0.3 is 6.09 Å². The quantitative estimate of drug-likeness (QED) is 0.476. The van der Waals surface area contributed by atoms with Crippen LogP contribution in [-0.2, 0) is 4.74 Å². The van der Waals surface area contributed by atoms with Gasteiger partial charge in [-0.1, -0.05) is 13.8 Å². The number of carbonyl (C=O) groups excluding carboxylic acids is 1. The number of nitrogens with one attached hydrogen (secondary N) is 1. The van der Waals surface area contributed by atoms with Crippen LogP contribution in [0.4, 0.5) is 4.79 Å². The number of aromatic nitrogens is 3. The van der Waals surface area contributed by atoms with Crippen molar-refractivity contribution in [3.63, 3.8) is 0 Å². The van der Waals surface area contributed by atoms with Gasteiger partial charge in [0.2, 0.25) is 0 Å². The SMILES string of the molecule is Cc1cc(-c2ccc(OC[C@](C)(CC(C)C)NC(=O)OC(C)(C)C)c(C#N)c2)n2nc(C)cc2n1. The molecular weight excluding hydrogens is 442 g/mol. The summed E-state index contributed by atoms with van der Waals surface area (Å²) in [4.78, 5) is 17.0. The Labute approximate surface area is 207 Å². The molecule has 0 fully saturated rings. The van der Waals surface area contributed by atoms with Crippen LogP contribution in [-0.4, -0.2) is 38.4 Å². The second-order valence-corrected chi connectivity index (χ2v) is 10.7. The standard InChI is InChI=1S/C27H35N5O3/c1-17(2)14-27(8,30-25(33)35-26(5,6)7)16-34-23-10-9-20(13-21(23)15-28)22-11-18(3)29-24-12-19(4)31-32(22)24/h9-13,17H,14,16H2,1-8H3,(H,30,33)/t27-/m0/s1. The van der Waals surface area contributed by atoms with E-state index in [1.807, 2.05) is 59.7 Å². The van der Waals surface area contributed by atoms with E-state index in [0.717, 1.165) is 28.3 Å². The van der Waals surface area contributed by atoms with Gasteiger partial charge in [0, 0.05) is 17.3 Å². The second-order valence-electron chi connectivity index (χ2n) is 10.7.